The molecular formula is C12H23N3O5S. The molecule has 9 heteroatoms. The van der Waals surface area contributed by atoms with Crippen LogP contribution in [0.1, 0.15) is 19.3 Å². The maximum atomic E-state index is 12.2. The quantitative estimate of drug-likeness (QED) is 0.588. The van der Waals surface area contributed by atoms with Crippen molar-refractivity contribution in [1.29, 1.82) is 0 Å². The third kappa shape index (κ3) is 6.40. The van der Waals surface area contributed by atoms with Gasteiger partial charge in [-0.05, 0) is 19.4 Å². The van der Waals surface area contributed by atoms with Gasteiger partial charge in [0, 0.05) is 26.1 Å². The molecule has 0 aromatic carbocycles. The van der Waals surface area contributed by atoms with Crippen LogP contribution in [0.2, 0.25) is 0 Å². The molecule has 2 N–H and O–H groups in total. The van der Waals surface area contributed by atoms with Gasteiger partial charge in [0.25, 0.3) is 0 Å². The van der Waals surface area contributed by atoms with Crippen molar-refractivity contribution >= 4 is 21.9 Å². The molecule has 1 fully saturated rings. The highest BCUT2D eigenvalue weighted by Gasteiger charge is 2.25. The van der Waals surface area contributed by atoms with Crippen LogP contribution in [0.4, 0.5) is 0 Å². The zero-order valence-corrected chi connectivity index (χ0v) is 13.1. The lowest BCUT2D eigenvalue weighted by atomic mass is 10.3. The monoisotopic (exact) mass is 321 g/mol. The van der Waals surface area contributed by atoms with Crippen molar-refractivity contribution < 1.29 is 22.7 Å². The minimum atomic E-state index is -3.38. The van der Waals surface area contributed by atoms with E-state index >= 15 is 0 Å². The minimum absolute atomic E-state index is 0.0715. The van der Waals surface area contributed by atoms with E-state index in [0.29, 0.717) is 32.6 Å². The molecule has 1 amide bonds. The molecule has 1 aliphatic heterocycles. The van der Waals surface area contributed by atoms with Gasteiger partial charge in [0.15, 0.2) is 0 Å². The van der Waals surface area contributed by atoms with Gasteiger partial charge in [0.1, 0.15) is 0 Å². The number of nitrogens with two attached hydrogens (primary N) is 1. The smallest absolute Gasteiger partial charge is 0.305 e. The lowest BCUT2D eigenvalue weighted by Gasteiger charge is -2.20. The van der Waals surface area contributed by atoms with Gasteiger partial charge in [-0.1, -0.05) is 0 Å². The van der Waals surface area contributed by atoms with Crippen LogP contribution in [-0.4, -0.2) is 75.1 Å². The molecule has 1 rings (SSSR count). The normalized spacial score (nSPS) is 18.1. The van der Waals surface area contributed by atoms with Gasteiger partial charge in [-0.3, -0.25) is 14.5 Å². The lowest BCUT2D eigenvalue weighted by molar-refractivity contribution is -0.140. The first-order chi connectivity index (χ1) is 9.85. The van der Waals surface area contributed by atoms with Crippen LogP contribution >= 0.6 is 0 Å². The first-order valence-electron chi connectivity index (χ1n) is 6.90. The Hall–Kier alpha value is -1.19. The van der Waals surface area contributed by atoms with Crippen molar-refractivity contribution in [3.8, 4) is 0 Å². The molecule has 0 aliphatic carbocycles. The Bertz CT molecular complexity index is 466. The summed E-state index contributed by atoms with van der Waals surface area (Å²) in [5.74, 6) is -0.893. The fraction of sp³-hybridized carbons (Fsp3) is 0.833. The Kier molecular flexibility index (Phi) is 7.06. The van der Waals surface area contributed by atoms with Gasteiger partial charge in [0.05, 0.1) is 19.4 Å². The molecule has 21 heavy (non-hydrogen) atoms. The summed E-state index contributed by atoms with van der Waals surface area (Å²) in [6.07, 6.45) is 0.997. The number of amides is 1. The summed E-state index contributed by atoms with van der Waals surface area (Å²) >= 11 is 0. The SMILES string of the molecule is COC(=O)CCCS(=O)(=O)N1CCCN(CC(N)=O)CC1. The third-order valence-electron chi connectivity index (χ3n) is 3.33. The molecule has 0 bridgehead atoms. The maximum absolute atomic E-state index is 12.2. The number of esters is 1. The summed E-state index contributed by atoms with van der Waals surface area (Å²) in [6.45, 7) is 2.05. The molecule has 122 valence electrons. The Labute approximate surface area is 125 Å². The van der Waals surface area contributed by atoms with Gasteiger partial charge in [-0.15, -0.1) is 0 Å². The average Bonchev–Trinajstić information content (AvgIpc) is 2.63. The number of carbonyl (C=O) groups is 2. The van der Waals surface area contributed by atoms with E-state index in [-0.39, 0.29) is 25.1 Å². The summed E-state index contributed by atoms with van der Waals surface area (Å²) in [5, 5.41) is 0. The topological polar surface area (TPSA) is 110 Å². The number of rotatable bonds is 7. The van der Waals surface area contributed by atoms with Crippen molar-refractivity contribution in [2.75, 3.05) is 45.6 Å². The van der Waals surface area contributed by atoms with Crippen LogP contribution in [0.5, 0.6) is 0 Å². The predicted molar refractivity (Wildman–Crippen MR) is 76.9 cm³/mol. The third-order valence-corrected chi connectivity index (χ3v) is 5.29. The number of hydrogen-bond acceptors (Lipinski definition) is 6. The standard InChI is InChI=1S/C12H23N3O5S/c1-20-12(17)4-2-9-21(18,19)15-6-3-5-14(7-8-15)10-11(13)16/h2-10H2,1H3,(H2,13,16). The molecule has 0 aromatic heterocycles. The number of hydrogen-bond donors (Lipinski definition) is 1. The largest absolute Gasteiger partial charge is 0.469 e. The molecule has 0 aromatic rings. The first kappa shape index (κ1) is 17.9. The summed E-state index contributed by atoms with van der Waals surface area (Å²) in [4.78, 5) is 23.7. The molecule has 0 unspecified atom stereocenters. The fourth-order valence-electron chi connectivity index (χ4n) is 2.23. The predicted octanol–water partition coefficient (Wildman–Crippen LogP) is -1.24. The van der Waals surface area contributed by atoms with Gasteiger partial charge in [0.2, 0.25) is 15.9 Å². The van der Waals surface area contributed by atoms with E-state index in [1.54, 1.807) is 0 Å². The second kappa shape index (κ2) is 8.30. The van der Waals surface area contributed by atoms with Crippen LogP contribution in [0.25, 0.3) is 0 Å². The van der Waals surface area contributed by atoms with E-state index in [1.165, 1.54) is 11.4 Å². The van der Waals surface area contributed by atoms with Crippen LogP contribution in [0.15, 0.2) is 0 Å². The average molecular weight is 321 g/mol. The maximum Gasteiger partial charge on any atom is 0.305 e. The molecule has 8 nitrogen and oxygen atoms in total. The Morgan fingerprint density at radius 3 is 2.52 bits per heavy atom. The summed E-state index contributed by atoms with van der Waals surface area (Å²) in [7, 11) is -2.10. The Balaban J connectivity index is 2.48. The minimum Gasteiger partial charge on any atom is -0.469 e. The van der Waals surface area contributed by atoms with Crippen molar-refractivity contribution in [1.82, 2.24) is 9.21 Å². The summed E-state index contributed by atoms with van der Waals surface area (Å²) in [5.41, 5.74) is 5.15. The van der Waals surface area contributed by atoms with Crippen molar-refractivity contribution in [3.05, 3.63) is 0 Å². The van der Waals surface area contributed by atoms with E-state index in [4.69, 9.17) is 5.73 Å². The highest BCUT2D eigenvalue weighted by molar-refractivity contribution is 7.89. The first-order valence-corrected chi connectivity index (χ1v) is 8.51. The Morgan fingerprint density at radius 2 is 1.90 bits per heavy atom. The second-order valence-electron chi connectivity index (χ2n) is 4.99. The van der Waals surface area contributed by atoms with Crippen molar-refractivity contribution in [3.63, 3.8) is 0 Å². The van der Waals surface area contributed by atoms with E-state index in [0.717, 1.165) is 0 Å². The van der Waals surface area contributed by atoms with Crippen LogP contribution in [0, 0.1) is 0 Å². The number of primary amides is 1. The van der Waals surface area contributed by atoms with Crippen molar-refractivity contribution in [2.24, 2.45) is 5.73 Å². The molecule has 1 heterocycles. The molecule has 1 aliphatic rings. The highest BCUT2D eigenvalue weighted by Crippen LogP contribution is 2.10. The van der Waals surface area contributed by atoms with Gasteiger partial charge in [-0.2, -0.15) is 0 Å². The fourth-order valence-corrected chi connectivity index (χ4v) is 3.77. The van der Waals surface area contributed by atoms with Gasteiger partial charge >= 0.3 is 5.97 Å². The summed E-state index contributed by atoms with van der Waals surface area (Å²) < 4.78 is 30.3. The molecule has 1 saturated heterocycles. The number of carbonyl (C=O) groups excluding carboxylic acids is 2. The lowest BCUT2D eigenvalue weighted by Crippen LogP contribution is -2.39. The number of methoxy groups -OCH3 is 1. The van der Waals surface area contributed by atoms with Gasteiger partial charge < -0.3 is 10.5 Å². The van der Waals surface area contributed by atoms with E-state index in [2.05, 4.69) is 4.74 Å². The zero-order valence-electron chi connectivity index (χ0n) is 12.3. The van der Waals surface area contributed by atoms with Crippen molar-refractivity contribution in [2.45, 2.75) is 19.3 Å². The summed E-state index contributed by atoms with van der Waals surface area (Å²) in [6, 6.07) is 0. The number of nitrogens with zero attached hydrogens (tertiary/aromatic N) is 2. The molecule has 0 spiro atoms. The van der Waals surface area contributed by atoms with Crippen LogP contribution in [-0.2, 0) is 24.3 Å². The molecule has 0 atom stereocenters. The molecule has 0 saturated carbocycles. The highest BCUT2D eigenvalue weighted by atomic mass is 32.2. The number of sulfonamides is 1. The van der Waals surface area contributed by atoms with Crippen LogP contribution < -0.4 is 5.73 Å². The molecule has 0 radical (unpaired) electrons. The van der Waals surface area contributed by atoms with Crippen LogP contribution in [0.3, 0.4) is 0 Å². The van der Waals surface area contributed by atoms with E-state index < -0.39 is 21.9 Å². The zero-order chi connectivity index (χ0) is 15.9. The second-order valence-corrected chi connectivity index (χ2v) is 7.08. The Morgan fingerprint density at radius 1 is 1.19 bits per heavy atom. The number of ether oxygens (including phenoxy) is 1. The molecular weight excluding hydrogens is 298 g/mol. The van der Waals surface area contributed by atoms with E-state index in [1.807, 2.05) is 4.90 Å². The van der Waals surface area contributed by atoms with Gasteiger partial charge in [-0.25, -0.2) is 12.7 Å². The van der Waals surface area contributed by atoms with E-state index in [9.17, 15) is 18.0 Å².